The summed E-state index contributed by atoms with van der Waals surface area (Å²) in [5.41, 5.74) is 0.660. The van der Waals surface area contributed by atoms with Crippen LogP contribution in [-0.4, -0.2) is 49.8 Å². The highest BCUT2D eigenvalue weighted by Crippen LogP contribution is 2.30. The normalized spacial score (nSPS) is 17.0. The number of rotatable bonds is 4. The first-order valence-corrected chi connectivity index (χ1v) is 9.28. The topological polar surface area (TPSA) is 71.2 Å². The molecule has 1 atom stereocenters. The van der Waals surface area contributed by atoms with Gasteiger partial charge < -0.3 is 14.6 Å². The first kappa shape index (κ1) is 17.0. The Bertz CT molecular complexity index is 710. The highest BCUT2D eigenvalue weighted by atomic mass is 32.2. The molecule has 3 heterocycles. The zero-order valence-electron chi connectivity index (χ0n) is 13.9. The van der Waals surface area contributed by atoms with Crippen molar-refractivity contribution in [2.45, 2.75) is 24.0 Å². The van der Waals surface area contributed by atoms with Gasteiger partial charge in [-0.05, 0) is 37.1 Å². The molecule has 0 aliphatic carbocycles. The van der Waals surface area contributed by atoms with Gasteiger partial charge in [-0.3, -0.25) is 4.79 Å². The van der Waals surface area contributed by atoms with Crippen LogP contribution < -0.4 is 0 Å². The molecule has 1 amide bonds. The molecule has 3 rings (SSSR count). The number of aromatic nitrogens is 3. The molecule has 1 aliphatic rings. The van der Waals surface area contributed by atoms with Crippen molar-refractivity contribution in [1.82, 2.24) is 19.4 Å². The van der Waals surface area contributed by atoms with E-state index in [9.17, 15) is 9.90 Å². The lowest BCUT2D eigenvalue weighted by Gasteiger charge is -2.34. The number of pyridine rings is 1. The number of aliphatic hydroxyl groups is 1. The molecule has 0 spiro atoms. The number of carbonyl (C=O) groups excluding carboxylic acids is 1. The second-order valence-electron chi connectivity index (χ2n) is 6.03. The molecule has 1 unspecified atom stereocenters. The van der Waals surface area contributed by atoms with Gasteiger partial charge in [-0.25, -0.2) is 9.97 Å². The molecule has 2 aromatic heterocycles. The quantitative estimate of drug-likeness (QED) is 0.859. The van der Waals surface area contributed by atoms with Crippen LogP contribution in [0.2, 0.25) is 0 Å². The van der Waals surface area contributed by atoms with E-state index in [-0.39, 0.29) is 11.8 Å². The van der Waals surface area contributed by atoms with Gasteiger partial charge >= 0.3 is 0 Å². The molecule has 1 saturated heterocycles. The molecule has 1 aliphatic heterocycles. The van der Waals surface area contributed by atoms with Crippen molar-refractivity contribution >= 4 is 17.7 Å². The van der Waals surface area contributed by atoms with Gasteiger partial charge in [0.2, 0.25) is 0 Å². The lowest BCUT2D eigenvalue weighted by Crippen LogP contribution is -2.40. The van der Waals surface area contributed by atoms with Crippen LogP contribution in [0.15, 0.2) is 35.7 Å². The van der Waals surface area contributed by atoms with Crippen molar-refractivity contribution in [3.63, 3.8) is 0 Å². The van der Waals surface area contributed by atoms with E-state index < -0.39 is 6.10 Å². The molecule has 6 nitrogen and oxygen atoms in total. The molecule has 0 radical (unpaired) electrons. The summed E-state index contributed by atoms with van der Waals surface area (Å²) in [4.78, 5) is 23.1. The van der Waals surface area contributed by atoms with Gasteiger partial charge in [0, 0.05) is 38.7 Å². The standard InChI is InChI=1S/C17H22N4O2S/c1-20-11-8-18-15(20)14(22)12-5-9-21(10-6-12)17(23)13-4-3-7-19-16(13)24-2/h3-4,7-8,11-12,14,22H,5-6,9-10H2,1-2H3. The van der Waals surface area contributed by atoms with Crippen LogP contribution in [0.5, 0.6) is 0 Å². The fraction of sp³-hybridized carbons (Fsp3) is 0.471. The van der Waals surface area contributed by atoms with Gasteiger partial charge in [0.15, 0.2) is 0 Å². The van der Waals surface area contributed by atoms with Crippen molar-refractivity contribution in [3.8, 4) is 0 Å². The number of thioether (sulfide) groups is 1. The van der Waals surface area contributed by atoms with Crippen LogP contribution in [0.4, 0.5) is 0 Å². The van der Waals surface area contributed by atoms with Gasteiger partial charge in [-0.1, -0.05) is 0 Å². The Morgan fingerprint density at radius 3 is 2.71 bits per heavy atom. The molecular weight excluding hydrogens is 324 g/mol. The number of hydrogen-bond donors (Lipinski definition) is 1. The number of aryl methyl sites for hydroxylation is 1. The number of piperidine rings is 1. The van der Waals surface area contributed by atoms with Crippen LogP contribution in [0.3, 0.4) is 0 Å². The minimum Gasteiger partial charge on any atom is -0.385 e. The Morgan fingerprint density at radius 1 is 1.33 bits per heavy atom. The maximum Gasteiger partial charge on any atom is 0.256 e. The van der Waals surface area contributed by atoms with E-state index in [1.807, 2.05) is 35.0 Å². The van der Waals surface area contributed by atoms with Crippen molar-refractivity contribution in [2.24, 2.45) is 13.0 Å². The molecule has 1 fully saturated rings. The van der Waals surface area contributed by atoms with E-state index in [1.165, 1.54) is 11.8 Å². The maximum atomic E-state index is 12.7. The van der Waals surface area contributed by atoms with Crippen LogP contribution in [-0.2, 0) is 7.05 Å². The third-order valence-electron chi connectivity index (χ3n) is 4.59. The Morgan fingerprint density at radius 2 is 2.08 bits per heavy atom. The number of likely N-dealkylation sites (tertiary alicyclic amines) is 1. The molecule has 1 N–H and O–H groups in total. The predicted octanol–water partition coefficient (Wildman–Crippen LogP) is 2.12. The molecule has 128 valence electrons. The summed E-state index contributed by atoms with van der Waals surface area (Å²) in [5, 5.41) is 11.3. The molecule has 24 heavy (non-hydrogen) atoms. The van der Waals surface area contributed by atoms with E-state index in [4.69, 9.17) is 0 Å². The predicted molar refractivity (Wildman–Crippen MR) is 92.8 cm³/mol. The summed E-state index contributed by atoms with van der Waals surface area (Å²) < 4.78 is 1.85. The van der Waals surface area contributed by atoms with E-state index >= 15 is 0 Å². The van der Waals surface area contributed by atoms with Crippen molar-refractivity contribution < 1.29 is 9.90 Å². The summed E-state index contributed by atoms with van der Waals surface area (Å²) >= 11 is 1.48. The number of imidazole rings is 1. The zero-order valence-corrected chi connectivity index (χ0v) is 14.7. The monoisotopic (exact) mass is 346 g/mol. The van der Waals surface area contributed by atoms with Crippen LogP contribution in [0.25, 0.3) is 0 Å². The van der Waals surface area contributed by atoms with Crippen molar-refractivity contribution in [2.75, 3.05) is 19.3 Å². The Balaban J connectivity index is 1.65. The first-order valence-electron chi connectivity index (χ1n) is 8.05. The average Bonchev–Trinajstić information content (AvgIpc) is 3.06. The summed E-state index contributed by atoms with van der Waals surface area (Å²) in [6, 6.07) is 3.63. The molecule has 7 heteroatoms. The fourth-order valence-electron chi connectivity index (χ4n) is 3.18. The summed E-state index contributed by atoms with van der Waals surface area (Å²) in [6.45, 7) is 1.29. The Hall–Kier alpha value is -1.86. The number of aliphatic hydroxyl groups excluding tert-OH is 1. The van der Waals surface area contributed by atoms with E-state index in [0.717, 1.165) is 17.9 Å². The van der Waals surface area contributed by atoms with Gasteiger partial charge in [0.05, 0.1) is 5.56 Å². The molecule has 2 aromatic rings. The summed E-state index contributed by atoms with van der Waals surface area (Å²) in [7, 11) is 1.89. The van der Waals surface area contributed by atoms with Gasteiger partial charge in [-0.2, -0.15) is 0 Å². The van der Waals surface area contributed by atoms with Crippen LogP contribution >= 0.6 is 11.8 Å². The summed E-state index contributed by atoms with van der Waals surface area (Å²) in [5.74, 6) is 0.846. The molecular formula is C17H22N4O2S. The summed E-state index contributed by atoms with van der Waals surface area (Å²) in [6.07, 6.45) is 8.13. The third kappa shape index (κ3) is 3.32. The second kappa shape index (κ2) is 7.36. The van der Waals surface area contributed by atoms with Crippen molar-refractivity contribution in [1.29, 1.82) is 0 Å². The smallest absolute Gasteiger partial charge is 0.256 e. The first-order chi connectivity index (χ1) is 11.6. The number of hydrogen-bond acceptors (Lipinski definition) is 5. The van der Waals surface area contributed by atoms with E-state index in [1.54, 1.807) is 18.5 Å². The lowest BCUT2D eigenvalue weighted by atomic mass is 9.90. The molecule has 0 bridgehead atoms. The van der Waals surface area contributed by atoms with E-state index in [2.05, 4.69) is 9.97 Å². The minimum absolute atomic E-state index is 0.0254. The number of amides is 1. The van der Waals surface area contributed by atoms with Gasteiger partial charge in [0.1, 0.15) is 17.0 Å². The maximum absolute atomic E-state index is 12.7. The van der Waals surface area contributed by atoms with Gasteiger partial charge in [0.25, 0.3) is 5.91 Å². The molecule has 0 aromatic carbocycles. The fourth-order valence-corrected chi connectivity index (χ4v) is 3.72. The number of carbonyl (C=O) groups is 1. The third-order valence-corrected chi connectivity index (χ3v) is 5.30. The van der Waals surface area contributed by atoms with Crippen LogP contribution in [0, 0.1) is 5.92 Å². The van der Waals surface area contributed by atoms with Gasteiger partial charge in [-0.15, -0.1) is 11.8 Å². The number of nitrogens with zero attached hydrogens (tertiary/aromatic N) is 4. The van der Waals surface area contributed by atoms with Crippen molar-refractivity contribution in [3.05, 3.63) is 42.1 Å². The van der Waals surface area contributed by atoms with Crippen LogP contribution in [0.1, 0.15) is 35.1 Å². The highest BCUT2D eigenvalue weighted by Gasteiger charge is 2.31. The largest absolute Gasteiger partial charge is 0.385 e. The van der Waals surface area contributed by atoms with E-state index in [0.29, 0.717) is 24.5 Å². The second-order valence-corrected chi connectivity index (χ2v) is 6.83. The SMILES string of the molecule is CSc1ncccc1C(=O)N1CCC(C(O)c2nccn2C)CC1. The minimum atomic E-state index is -0.581. The molecule has 0 saturated carbocycles. The highest BCUT2D eigenvalue weighted by molar-refractivity contribution is 7.98. The Kier molecular flexibility index (Phi) is 5.20. The lowest BCUT2D eigenvalue weighted by molar-refractivity contribution is 0.0418. The zero-order chi connectivity index (χ0) is 17.1. The average molecular weight is 346 g/mol. The Labute approximate surface area is 145 Å².